The molecule has 0 aromatic rings. The highest BCUT2D eigenvalue weighted by atomic mass is 16.5. The number of hydrogen-bond donors (Lipinski definition) is 1. The lowest BCUT2D eigenvalue weighted by atomic mass is 9.98. The summed E-state index contributed by atoms with van der Waals surface area (Å²) in [6.45, 7) is 3.79. The van der Waals surface area contributed by atoms with Crippen LogP contribution in [0.2, 0.25) is 0 Å². The monoisotopic (exact) mass is 171 g/mol. The Hall–Kier alpha value is -0.770. The van der Waals surface area contributed by atoms with Crippen LogP contribution in [0.5, 0.6) is 0 Å². The van der Waals surface area contributed by atoms with Crippen LogP contribution < -0.4 is 0 Å². The molecule has 0 bridgehead atoms. The van der Waals surface area contributed by atoms with Crippen LogP contribution in [0.25, 0.3) is 10.4 Å². The summed E-state index contributed by atoms with van der Waals surface area (Å²) in [5.74, 6) is 0.179. The molecular formula is C7H13N3O2. The fraction of sp³-hybridized carbons (Fsp3) is 1.00. The summed E-state index contributed by atoms with van der Waals surface area (Å²) in [6.07, 6.45) is -0.274. The van der Waals surface area contributed by atoms with Gasteiger partial charge in [-0.05, 0) is 18.4 Å². The summed E-state index contributed by atoms with van der Waals surface area (Å²) in [6, 6.07) is -0.227. The van der Waals surface area contributed by atoms with Crippen molar-refractivity contribution in [3.8, 4) is 0 Å². The van der Waals surface area contributed by atoms with Crippen molar-refractivity contribution < 1.29 is 9.84 Å². The lowest BCUT2D eigenvalue weighted by Gasteiger charge is -2.12. The Labute approximate surface area is 71.0 Å². The van der Waals surface area contributed by atoms with Gasteiger partial charge in [-0.25, -0.2) is 0 Å². The summed E-state index contributed by atoms with van der Waals surface area (Å²) in [4.78, 5) is 2.73. The highest BCUT2D eigenvalue weighted by Crippen LogP contribution is 2.28. The molecule has 0 spiro atoms. The molecule has 0 aromatic heterocycles. The second kappa shape index (κ2) is 3.76. The van der Waals surface area contributed by atoms with Gasteiger partial charge in [0.05, 0.1) is 24.9 Å². The van der Waals surface area contributed by atoms with E-state index < -0.39 is 0 Å². The molecule has 1 fully saturated rings. The molecule has 1 aliphatic rings. The van der Waals surface area contributed by atoms with E-state index in [0.717, 1.165) is 0 Å². The summed E-state index contributed by atoms with van der Waals surface area (Å²) in [5.41, 5.74) is 8.27. The van der Waals surface area contributed by atoms with Gasteiger partial charge < -0.3 is 9.84 Å². The van der Waals surface area contributed by atoms with E-state index in [1.165, 1.54) is 0 Å². The van der Waals surface area contributed by atoms with Crippen molar-refractivity contribution in [3.05, 3.63) is 10.4 Å². The topological polar surface area (TPSA) is 78.2 Å². The van der Waals surface area contributed by atoms with Crippen molar-refractivity contribution >= 4 is 0 Å². The molecule has 1 aliphatic heterocycles. The van der Waals surface area contributed by atoms with Crippen molar-refractivity contribution in [2.45, 2.75) is 32.1 Å². The molecule has 5 nitrogen and oxygen atoms in total. The van der Waals surface area contributed by atoms with E-state index in [1.807, 2.05) is 13.8 Å². The highest BCUT2D eigenvalue weighted by Gasteiger charge is 2.38. The molecule has 0 amide bonds. The van der Waals surface area contributed by atoms with E-state index in [9.17, 15) is 0 Å². The molecule has 4 atom stereocenters. The highest BCUT2D eigenvalue weighted by molar-refractivity contribution is 4.91. The minimum atomic E-state index is -0.328. The van der Waals surface area contributed by atoms with Gasteiger partial charge in [-0.3, -0.25) is 0 Å². The van der Waals surface area contributed by atoms with Crippen LogP contribution >= 0.6 is 0 Å². The molecule has 1 N–H and O–H groups in total. The zero-order chi connectivity index (χ0) is 9.14. The summed E-state index contributed by atoms with van der Waals surface area (Å²) in [7, 11) is 0. The number of ether oxygens (including phenoxy) is 1. The van der Waals surface area contributed by atoms with Gasteiger partial charge >= 0.3 is 0 Å². The molecule has 68 valence electrons. The zero-order valence-electron chi connectivity index (χ0n) is 7.21. The third kappa shape index (κ3) is 1.53. The van der Waals surface area contributed by atoms with E-state index in [1.54, 1.807) is 0 Å². The predicted molar refractivity (Wildman–Crippen MR) is 43.5 cm³/mol. The lowest BCUT2D eigenvalue weighted by Crippen LogP contribution is -2.26. The second-order valence-corrected chi connectivity index (χ2v) is 3.12. The maximum absolute atomic E-state index is 8.89. The average molecular weight is 171 g/mol. The fourth-order valence-electron chi connectivity index (χ4n) is 1.49. The molecule has 5 heteroatoms. The Bertz CT molecular complexity index is 203. The van der Waals surface area contributed by atoms with Crippen LogP contribution in [-0.4, -0.2) is 30.0 Å². The Morgan fingerprint density at radius 3 is 2.75 bits per heavy atom. The Kier molecular flexibility index (Phi) is 2.92. The second-order valence-electron chi connectivity index (χ2n) is 3.12. The minimum Gasteiger partial charge on any atom is -0.394 e. The summed E-state index contributed by atoms with van der Waals surface area (Å²) < 4.78 is 5.37. The van der Waals surface area contributed by atoms with Gasteiger partial charge in [-0.1, -0.05) is 12.0 Å². The number of aliphatic hydroxyl groups is 1. The van der Waals surface area contributed by atoms with Crippen LogP contribution in [0.4, 0.5) is 0 Å². The molecule has 0 aromatic carbocycles. The van der Waals surface area contributed by atoms with Crippen LogP contribution in [-0.2, 0) is 4.74 Å². The van der Waals surface area contributed by atoms with Gasteiger partial charge in [0.15, 0.2) is 0 Å². The van der Waals surface area contributed by atoms with Crippen molar-refractivity contribution in [2.75, 3.05) is 6.61 Å². The maximum Gasteiger partial charge on any atom is 0.0897 e. The van der Waals surface area contributed by atoms with Crippen LogP contribution in [0.15, 0.2) is 5.11 Å². The number of nitrogens with zero attached hydrogens (tertiary/aromatic N) is 3. The third-order valence-electron chi connectivity index (χ3n) is 2.41. The first kappa shape index (κ1) is 9.32. The van der Waals surface area contributed by atoms with Gasteiger partial charge in [0, 0.05) is 4.91 Å². The normalized spacial score (nSPS) is 40.9. The minimum absolute atomic E-state index is 0.0534. The molecule has 0 saturated carbocycles. The zero-order valence-corrected chi connectivity index (χ0v) is 7.21. The van der Waals surface area contributed by atoms with Crippen molar-refractivity contribution in [2.24, 2.45) is 11.0 Å². The largest absolute Gasteiger partial charge is 0.394 e. The van der Waals surface area contributed by atoms with Crippen LogP contribution in [0.1, 0.15) is 13.8 Å². The van der Waals surface area contributed by atoms with Crippen molar-refractivity contribution in [1.29, 1.82) is 0 Å². The average Bonchev–Trinajstić information content (AvgIpc) is 2.33. The van der Waals surface area contributed by atoms with E-state index in [2.05, 4.69) is 10.0 Å². The lowest BCUT2D eigenvalue weighted by molar-refractivity contribution is 0.0119. The smallest absolute Gasteiger partial charge is 0.0897 e. The maximum atomic E-state index is 8.89. The van der Waals surface area contributed by atoms with Gasteiger partial charge in [-0.15, -0.1) is 0 Å². The van der Waals surface area contributed by atoms with Crippen molar-refractivity contribution in [3.63, 3.8) is 0 Å². The summed E-state index contributed by atoms with van der Waals surface area (Å²) in [5, 5.41) is 12.5. The van der Waals surface area contributed by atoms with Crippen LogP contribution in [0.3, 0.4) is 0 Å². The first-order valence-electron chi connectivity index (χ1n) is 4.01. The molecule has 12 heavy (non-hydrogen) atoms. The van der Waals surface area contributed by atoms with Crippen LogP contribution in [0, 0.1) is 5.92 Å². The number of hydrogen-bond acceptors (Lipinski definition) is 3. The molecule has 2 unspecified atom stereocenters. The summed E-state index contributed by atoms with van der Waals surface area (Å²) >= 11 is 0. The van der Waals surface area contributed by atoms with Crippen molar-refractivity contribution in [1.82, 2.24) is 0 Å². The van der Waals surface area contributed by atoms with Gasteiger partial charge in [0.2, 0.25) is 0 Å². The third-order valence-corrected chi connectivity index (χ3v) is 2.41. The number of azide groups is 1. The van der Waals surface area contributed by atoms with Gasteiger partial charge in [0.25, 0.3) is 0 Å². The molecule has 0 radical (unpaired) electrons. The van der Waals surface area contributed by atoms with E-state index in [-0.39, 0.29) is 30.8 Å². The predicted octanol–water partition coefficient (Wildman–Crippen LogP) is 1.08. The van der Waals surface area contributed by atoms with Gasteiger partial charge in [0.1, 0.15) is 0 Å². The number of aliphatic hydroxyl groups excluding tert-OH is 1. The first-order valence-corrected chi connectivity index (χ1v) is 4.01. The van der Waals surface area contributed by atoms with Gasteiger partial charge in [-0.2, -0.15) is 0 Å². The molecule has 0 aliphatic carbocycles. The first-order chi connectivity index (χ1) is 5.70. The Morgan fingerprint density at radius 1 is 1.58 bits per heavy atom. The van der Waals surface area contributed by atoms with E-state index >= 15 is 0 Å². The quantitative estimate of drug-likeness (QED) is 0.383. The molecular weight excluding hydrogens is 158 g/mol. The molecule has 1 heterocycles. The Balaban J connectivity index is 2.72. The number of rotatable bonds is 2. The fourth-order valence-corrected chi connectivity index (χ4v) is 1.49. The molecule has 1 saturated heterocycles. The standard InChI is InChI=1S/C7H13N3O2/c1-4-5(2)12-6(3-11)7(4)9-10-8/h4-7,11H,3H2,1-2H3/t4?,5?,6-,7-/m1/s1. The Morgan fingerprint density at radius 2 is 2.25 bits per heavy atom. The van der Waals surface area contributed by atoms with E-state index in [0.29, 0.717) is 0 Å². The molecule has 1 rings (SSSR count). The van der Waals surface area contributed by atoms with E-state index in [4.69, 9.17) is 15.4 Å². The SMILES string of the molecule is CC1O[C@H](CO)[C@H](N=[N+]=[N-])C1C.